The van der Waals surface area contributed by atoms with Gasteiger partial charge in [0.1, 0.15) is 12.4 Å². The number of nitrogens with zero attached hydrogens (tertiary/aromatic N) is 2. The average molecular weight is 514 g/mol. The van der Waals surface area contributed by atoms with Gasteiger partial charge in [0.25, 0.3) is 0 Å². The second-order valence-electron chi connectivity index (χ2n) is 6.03. The van der Waals surface area contributed by atoms with Crippen LogP contribution in [0.25, 0.3) is 0 Å². The van der Waals surface area contributed by atoms with Gasteiger partial charge < -0.3 is 24.8 Å². The van der Waals surface area contributed by atoms with E-state index in [1.807, 2.05) is 31.2 Å². The summed E-state index contributed by atoms with van der Waals surface area (Å²) in [6, 6.07) is 12.0. The highest BCUT2D eigenvalue weighted by Crippen LogP contribution is 2.15. The topological polar surface area (TPSA) is 77.0 Å². The summed E-state index contributed by atoms with van der Waals surface area (Å²) >= 11 is 0. The molecule has 7 nitrogen and oxygen atoms in total. The van der Waals surface area contributed by atoms with Crippen LogP contribution < -0.4 is 20.1 Å². The van der Waals surface area contributed by atoms with Crippen LogP contribution in [-0.2, 0) is 17.7 Å². The molecule has 0 spiro atoms. The maximum Gasteiger partial charge on any atom is 0.218 e. The molecule has 0 amide bonds. The van der Waals surface area contributed by atoms with Crippen LogP contribution in [0.5, 0.6) is 11.6 Å². The summed E-state index contributed by atoms with van der Waals surface area (Å²) in [6.45, 7) is 5.08. The van der Waals surface area contributed by atoms with Gasteiger partial charge in [0.2, 0.25) is 5.88 Å². The van der Waals surface area contributed by atoms with Crippen LogP contribution in [-0.4, -0.2) is 51.5 Å². The molecule has 0 saturated carbocycles. The number of halogens is 1. The number of guanidine groups is 1. The molecule has 8 heteroatoms. The van der Waals surface area contributed by atoms with E-state index in [0.29, 0.717) is 25.6 Å². The lowest BCUT2D eigenvalue weighted by atomic mass is 10.1. The minimum Gasteiger partial charge on any atom is -0.497 e. The van der Waals surface area contributed by atoms with Crippen molar-refractivity contribution in [3.8, 4) is 11.6 Å². The Bertz CT molecular complexity index is 726. The number of aromatic nitrogens is 1. The van der Waals surface area contributed by atoms with Crippen LogP contribution in [0.4, 0.5) is 0 Å². The molecule has 0 fully saturated rings. The zero-order chi connectivity index (χ0) is 20.0. The number of hydrogen-bond acceptors (Lipinski definition) is 5. The third-order valence-electron chi connectivity index (χ3n) is 3.99. The second-order valence-corrected chi connectivity index (χ2v) is 6.03. The third-order valence-corrected chi connectivity index (χ3v) is 3.99. The monoisotopic (exact) mass is 514 g/mol. The number of pyridine rings is 1. The Morgan fingerprint density at radius 1 is 1.07 bits per heavy atom. The van der Waals surface area contributed by atoms with Crippen LogP contribution in [0.15, 0.2) is 47.6 Å². The molecular weight excluding hydrogens is 483 g/mol. The van der Waals surface area contributed by atoms with E-state index in [-0.39, 0.29) is 24.0 Å². The summed E-state index contributed by atoms with van der Waals surface area (Å²) in [5, 5.41) is 6.63. The first kappa shape index (κ1) is 25.0. The van der Waals surface area contributed by atoms with Crippen molar-refractivity contribution in [3.63, 3.8) is 0 Å². The smallest absolute Gasteiger partial charge is 0.218 e. The number of aliphatic imine (C=N–C) groups is 1. The molecule has 0 aliphatic carbocycles. The molecule has 0 aliphatic heterocycles. The van der Waals surface area contributed by atoms with Crippen molar-refractivity contribution in [1.29, 1.82) is 0 Å². The number of nitrogens with one attached hydrogen (secondary N) is 2. The van der Waals surface area contributed by atoms with E-state index in [1.165, 1.54) is 5.56 Å². The van der Waals surface area contributed by atoms with Gasteiger partial charge in [-0.15, -0.1) is 24.0 Å². The van der Waals surface area contributed by atoms with Crippen molar-refractivity contribution in [3.05, 3.63) is 53.7 Å². The zero-order valence-corrected chi connectivity index (χ0v) is 19.6. The lowest BCUT2D eigenvalue weighted by Crippen LogP contribution is -2.38. The molecule has 2 aromatic rings. The van der Waals surface area contributed by atoms with Gasteiger partial charge in [0.05, 0.1) is 20.3 Å². The molecule has 1 heterocycles. The van der Waals surface area contributed by atoms with Crippen LogP contribution in [0.1, 0.15) is 18.1 Å². The number of ether oxygens (including phenoxy) is 3. The van der Waals surface area contributed by atoms with Crippen molar-refractivity contribution < 1.29 is 14.2 Å². The maximum atomic E-state index is 5.67. The molecule has 0 atom stereocenters. The van der Waals surface area contributed by atoms with Crippen molar-refractivity contribution in [1.82, 2.24) is 15.6 Å². The fourth-order valence-electron chi connectivity index (χ4n) is 2.52. The van der Waals surface area contributed by atoms with Crippen LogP contribution >= 0.6 is 24.0 Å². The summed E-state index contributed by atoms with van der Waals surface area (Å²) in [7, 11) is 3.32. The lowest BCUT2D eigenvalue weighted by molar-refractivity contribution is 0.143. The molecule has 160 valence electrons. The summed E-state index contributed by atoms with van der Waals surface area (Å²) in [5.74, 6) is 2.23. The zero-order valence-electron chi connectivity index (χ0n) is 17.3. The number of methoxy groups -OCH3 is 2. The normalized spacial score (nSPS) is 10.8. The highest BCUT2D eigenvalue weighted by molar-refractivity contribution is 14.0. The Morgan fingerprint density at radius 2 is 1.86 bits per heavy atom. The minimum atomic E-state index is 0. The van der Waals surface area contributed by atoms with E-state index >= 15 is 0 Å². The van der Waals surface area contributed by atoms with Gasteiger partial charge in [-0.1, -0.05) is 18.2 Å². The van der Waals surface area contributed by atoms with Crippen LogP contribution in [0, 0.1) is 0 Å². The molecule has 1 aromatic carbocycles. The van der Waals surface area contributed by atoms with E-state index in [9.17, 15) is 0 Å². The van der Waals surface area contributed by atoms with E-state index < -0.39 is 0 Å². The molecule has 0 aliphatic rings. The SMILES string of the molecule is CCNC(=NCc1cccnc1OCCOC)NCCc1ccc(OC)cc1.I. The van der Waals surface area contributed by atoms with Crippen molar-refractivity contribution in [2.24, 2.45) is 4.99 Å². The van der Waals surface area contributed by atoms with Gasteiger partial charge in [-0.2, -0.15) is 0 Å². The Morgan fingerprint density at radius 3 is 2.55 bits per heavy atom. The highest BCUT2D eigenvalue weighted by atomic mass is 127. The molecular formula is C21H31IN4O3. The third kappa shape index (κ3) is 9.31. The Balaban J connectivity index is 0.00000420. The van der Waals surface area contributed by atoms with Gasteiger partial charge in [-0.3, -0.25) is 0 Å². The first-order valence-electron chi connectivity index (χ1n) is 9.47. The van der Waals surface area contributed by atoms with Crippen LogP contribution in [0.2, 0.25) is 0 Å². The van der Waals surface area contributed by atoms with Gasteiger partial charge in [-0.05, 0) is 37.1 Å². The first-order valence-corrected chi connectivity index (χ1v) is 9.47. The lowest BCUT2D eigenvalue weighted by Gasteiger charge is -2.12. The van der Waals surface area contributed by atoms with Crippen molar-refractivity contribution in [2.75, 3.05) is 40.5 Å². The predicted octanol–water partition coefficient (Wildman–Crippen LogP) is 3.03. The number of benzene rings is 1. The second kappa shape index (κ2) is 14.9. The Labute approximate surface area is 190 Å². The molecule has 0 radical (unpaired) electrons. The van der Waals surface area contributed by atoms with Gasteiger partial charge in [-0.25, -0.2) is 9.98 Å². The summed E-state index contributed by atoms with van der Waals surface area (Å²) < 4.78 is 15.9. The van der Waals surface area contributed by atoms with E-state index in [1.54, 1.807) is 20.4 Å². The van der Waals surface area contributed by atoms with E-state index in [0.717, 1.165) is 36.8 Å². The summed E-state index contributed by atoms with van der Waals surface area (Å²) in [5.41, 5.74) is 2.18. The number of rotatable bonds is 11. The largest absolute Gasteiger partial charge is 0.497 e. The van der Waals surface area contributed by atoms with Gasteiger partial charge in [0, 0.05) is 32.0 Å². The molecule has 1 aromatic heterocycles. The molecule has 2 N–H and O–H groups in total. The van der Waals surface area contributed by atoms with E-state index in [4.69, 9.17) is 14.2 Å². The first-order chi connectivity index (χ1) is 13.8. The summed E-state index contributed by atoms with van der Waals surface area (Å²) in [4.78, 5) is 8.95. The molecule has 2 rings (SSSR count). The average Bonchev–Trinajstić information content (AvgIpc) is 2.73. The molecule has 0 bridgehead atoms. The van der Waals surface area contributed by atoms with Crippen LogP contribution in [0.3, 0.4) is 0 Å². The molecule has 29 heavy (non-hydrogen) atoms. The maximum absolute atomic E-state index is 5.67. The van der Waals surface area contributed by atoms with Crippen molar-refractivity contribution >= 4 is 29.9 Å². The Hall–Kier alpha value is -2.07. The van der Waals surface area contributed by atoms with Gasteiger partial charge in [0.15, 0.2) is 5.96 Å². The number of hydrogen-bond donors (Lipinski definition) is 2. The minimum absolute atomic E-state index is 0. The quantitative estimate of drug-likeness (QED) is 0.208. The molecule has 0 saturated heterocycles. The van der Waals surface area contributed by atoms with E-state index in [2.05, 4.69) is 32.7 Å². The fraction of sp³-hybridized carbons (Fsp3) is 0.429. The Kier molecular flexibility index (Phi) is 12.8. The predicted molar refractivity (Wildman–Crippen MR) is 127 cm³/mol. The van der Waals surface area contributed by atoms with Gasteiger partial charge >= 0.3 is 0 Å². The standard InChI is InChI=1S/C21H30N4O3.HI/c1-4-22-21(24-13-11-17-7-9-19(27-3)10-8-17)25-16-18-6-5-12-23-20(18)28-15-14-26-2;/h5-10,12H,4,11,13-16H2,1-3H3,(H2,22,24,25);1H. The highest BCUT2D eigenvalue weighted by Gasteiger charge is 2.05. The molecule has 0 unspecified atom stereocenters. The van der Waals surface area contributed by atoms with Crippen molar-refractivity contribution in [2.45, 2.75) is 19.9 Å². The summed E-state index contributed by atoms with van der Waals surface area (Å²) in [6.07, 6.45) is 2.61. The fourth-order valence-corrected chi connectivity index (χ4v) is 2.52.